The molecule has 0 spiro atoms. The Bertz CT molecular complexity index is 174. The van der Waals surface area contributed by atoms with Crippen LogP contribution in [0.4, 0.5) is 0 Å². The Morgan fingerprint density at radius 1 is 1.33 bits per heavy atom. The second kappa shape index (κ2) is 10.0. The SMILES string of the molecule is C=C(C)C(=O)O.C=CC(=O)O.[LiH]. The number of hydrogen-bond acceptors (Lipinski definition) is 2. The number of carboxylic acids is 2. The molecule has 0 aromatic heterocycles. The van der Waals surface area contributed by atoms with Crippen molar-refractivity contribution in [3.05, 3.63) is 24.8 Å². The molecule has 0 aliphatic rings. The van der Waals surface area contributed by atoms with E-state index in [9.17, 15) is 9.59 Å². The topological polar surface area (TPSA) is 74.6 Å². The van der Waals surface area contributed by atoms with E-state index >= 15 is 0 Å². The summed E-state index contributed by atoms with van der Waals surface area (Å²) >= 11 is 0. The Labute approximate surface area is 82.8 Å². The van der Waals surface area contributed by atoms with E-state index in [0.29, 0.717) is 0 Å². The first kappa shape index (κ1) is 17.2. The molecule has 0 aliphatic heterocycles. The average molecular weight is 166 g/mol. The van der Waals surface area contributed by atoms with Crippen LogP contribution >= 0.6 is 0 Å². The third kappa shape index (κ3) is 23.0. The molecule has 0 heterocycles. The van der Waals surface area contributed by atoms with E-state index < -0.39 is 11.9 Å². The third-order valence-corrected chi connectivity index (χ3v) is 0.540. The summed E-state index contributed by atoms with van der Waals surface area (Å²) in [5.74, 6) is -1.92. The van der Waals surface area contributed by atoms with Crippen molar-refractivity contribution < 1.29 is 19.8 Å². The van der Waals surface area contributed by atoms with Gasteiger partial charge in [-0.25, -0.2) is 9.59 Å². The summed E-state index contributed by atoms with van der Waals surface area (Å²) in [6, 6.07) is 0. The summed E-state index contributed by atoms with van der Waals surface area (Å²) in [7, 11) is 0. The van der Waals surface area contributed by atoms with Gasteiger partial charge >= 0.3 is 30.8 Å². The van der Waals surface area contributed by atoms with Crippen LogP contribution in [-0.4, -0.2) is 41.0 Å². The summed E-state index contributed by atoms with van der Waals surface area (Å²) in [4.78, 5) is 18.8. The number of carboxylic acid groups (broad SMARTS) is 2. The summed E-state index contributed by atoms with van der Waals surface area (Å²) in [5.41, 5.74) is 0.176. The van der Waals surface area contributed by atoms with Crippen molar-refractivity contribution in [2.45, 2.75) is 6.92 Å². The van der Waals surface area contributed by atoms with Crippen molar-refractivity contribution in [3.63, 3.8) is 0 Å². The normalized spacial score (nSPS) is 6.42. The van der Waals surface area contributed by atoms with E-state index in [1.165, 1.54) is 6.92 Å². The van der Waals surface area contributed by atoms with Gasteiger partial charge in [0.25, 0.3) is 0 Å². The molecule has 0 saturated heterocycles. The molecule has 0 saturated carbocycles. The minimum atomic E-state index is -0.981. The van der Waals surface area contributed by atoms with Crippen LogP contribution in [0.1, 0.15) is 6.92 Å². The van der Waals surface area contributed by atoms with Crippen molar-refractivity contribution in [2.75, 3.05) is 0 Å². The molecule has 0 bridgehead atoms. The minimum absolute atomic E-state index is 0. The molecule has 5 heteroatoms. The zero-order chi connectivity index (χ0) is 9.44. The van der Waals surface area contributed by atoms with Gasteiger partial charge in [0.15, 0.2) is 0 Å². The van der Waals surface area contributed by atoms with Gasteiger partial charge in [0.05, 0.1) is 0 Å². The molecule has 4 nitrogen and oxygen atoms in total. The standard InChI is InChI=1S/C4H6O2.C3H4O2.Li.H/c1-3(2)4(5)6;1-2-3(4)5;;/h1H2,2H3,(H,5,6);2H,1H2,(H,4,5);;. The molecule has 12 heavy (non-hydrogen) atoms. The predicted molar refractivity (Wildman–Crippen MR) is 47.4 cm³/mol. The van der Waals surface area contributed by atoms with Gasteiger partial charge in [-0.15, -0.1) is 0 Å². The average Bonchev–Trinajstić information content (AvgIpc) is 1.89. The molecular weight excluding hydrogens is 155 g/mol. The zero-order valence-corrected chi connectivity index (χ0v) is 6.20. The van der Waals surface area contributed by atoms with Gasteiger partial charge in [0.1, 0.15) is 0 Å². The molecule has 0 radical (unpaired) electrons. The van der Waals surface area contributed by atoms with Crippen LogP contribution in [0, 0.1) is 0 Å². The van der Waals surface area contributed by atoms with Gasteiger partial charge < -0.3 is 10.2 Å². The Hall–Kier alpha value is -0.983. The predicted octanol–water partition coefficient (Wildman–Crippen LogP) is 0.256. The fraction of sp³-hybridized carbons (Fsp3) is 0.143. The molecular formula is C7H11LiO4. The monoisotopic (exact) mass is 166 g/mol. The Morgan fingerprint density at radius 2 is 1.50 bits per heavy atom. The van der Waals surface area contributed by atoms with Gasteiger partial charge in [0.2, 0.25) is 0 Å². The molecule has 0 atom stereocenters. The van der Waals surface area contributed by atoms with E-state index in [0.717, 1.165) is 6.08 Å². The number of hydrogen-bond donors (Lipinski definition) is 2. The van der Waals surface area contributed by atoms with Gasteiger partial charge in [-0.1, -0.05) is 13.2 Å². The molecule has 0 amide bonds. The Morgan fingerprint density at radius 3 is 1.50 bits per heavy atom. The Balaban J connectivity index is -0.000000126. The maximum atomic E-state index is 9.60. The van der Waals surface area contributed by atoms with Crippen LogP contribution in [-0.2, 0) is 9.59 Å². The second-order valence-corrected chi connectivity index (χ2v) is 1.63. The van der Waals surface area contributed by atoms with Crippen molar-refractivity contribution in [1.29, 1.82) is 0 Å². The summed E-state index contributed by atoms with van der Waals surface area (Å²) in [6.45, 7) is 7.56. The van der Waals surface area contributed by atoms with Gasteiger partial charge in [-0.2, -0.15) is 0 Å². The fourth-order valence-electron chi connectivity index (χ4n) is 0. The quantitative estimate of drug-likeness (QED) is 0.455. The van der Waals surface area contributed by atoms with Crippen LogP contribution in [0.25, 0.3) is 0 Å². The number of rotatable bonds is 2. The Kier molecular flexibility index (Phi) is 14.4. The van der Waals surface area contributed by atoms with Crippen molar-refractivity contribution in [1.82, 2.24) is 0 Å². The van der Waals surface area contributed by atoms with Crippen molar-refractivity contribution >= 4 is 30.8 Å². The number of carbonyl (C=O) groups is 2. The van der Waals surface area contributed by atoms with Crippen molar-refractivity contribution in [3.8, 4) is 0 Å². The van der Waals surface area contributed by atoms with Crippen LogP contribution in [0.5, 0.6) is 0 Å². The second-order valence-electron chi connectivity index (χ2n) is 1.63. The van der Waals surface area contributed by atoms with Gasteiger partial charge in [-0.05, 0) is 6.92 Å². The fourth-order valence-corrected chi connectivity index (χ4v) is 0. The molecule has 2 N–H and O–H groups in total. The maximum absolute atomic E-state index is 9.60. The van der Waals surface area contributed by atoms with E-state index in [-0.39, 0.29) is 24.4 Å². The molecule has 0 fully saturated rings. The molecule has 0 unspecified atom stereocenters. The first-order valence-corrected chi connectivity index (χ1v) is 2.66. The van der Waals surface area contributed by atoms with Crippen LogP contribution in [0.2, 0.25) is 0 Å². The number of aliphatic carboxylic acids is 2. The van der Waals surface area contributed by atoms with E-state index in [1.54, 1.807) is 0 Å². The molecule has 0 aromatic rings. The summed E-state index contributed by atoms with van der Waals surface area (Å²) < 4.78 is 0. The molecule has 64 valence electrons. The third-order valence-electron chi connectivity index (χ3n) is 0.540. The van der Waals surface area contributed by atoms with E-state index in [2.05, 4.69) is 13.2 Å². The van der Waals surface area contributed by atoms with Crippen LogP contribution in [0.15, 0.2) is 24.8 Å². The molecule has 0 rings (SSSR count). The first-order chi connectivity index (χ1) is 4.91. The van der Waals surface area contributed by atoms with Crippen LogP contribution in [0.3, 0.4) is 0 Å². The summed E-state index contributed by atoms with van der Waals surface area (Å²) in [6.07, 6.45) is 0.833. The summed E-state index contributed by atoms with van der Waals surface area (Å²) in [5, 5.41) is 15.5. The van der Waals surface area contributed by atoms with Crippen LogP contribution < -0.4 is 0 Å². The molecule has 0 aromatic carbocycles. The van der Waals surface area contributed by atoms with E-state index in [4.69, 9.17) is 10.2 Å². The van der Waals surface area contributed by atoms with Crippen molar-refractivity contribution in [2.24, 2.45) is 0 Å². The zero-order valence-electron chi connectivity index (χ0n) is 6.20. The van der Waals surface area contributed by atoms with Gasteiger partial charge in [-0.3, -0.25) is 0 Å². The first-order valence-electron chi connectivity index (χ1n) is 2.66. The van der Waals surface area contributed by atoms with E-state index in [1.807, 2.05) is 0 Å². The van der Waals surface area contributed by atoms with Gasteiger partial charge in [0, 0.05) is 11.6 Å². The molecule has 0 aliphatic carbocycles.